The van der Waals surface area contributed by atoms with Crippen LogP contribution in [0.2, 0.25) is 0 Å². The van der Waals surface area contributed by atoms with E-state index in [0.717, 1.165) is 29.5 Å². The van der Waals surface area contributed by atoms with Crippen molar-refractivity contribution in [1.82, 2.24) is 28.9 Å². The van der Waals surface area contributed by atoms with Gasteiger partial charge in [-0.3, -0.25) is 23.6 Å². The lowest BCUT2D eigenvalue weighted by atomic mass is 9.96. The van der Waals surface area contributed by atoms with Gasteiger partial charge in [-0.1, -0.05) is 0 Å². The third-order valence-electron chi connectivity index (χ3n) is 4.74. The Balaban J connectivity index is 1.92. The van der Waals surface area contributed by atoms with Crippen LogP contribution in [0.25, 0.3) is 11.2 Å². The van der Waals surface area contributed by atoms with Crippen LogP contribution >= 0.6 is 15.9 Å². The number of aromatic nitrogens is 6. The number of aryl methyl sites for hydroxylation is 2. The average Bonchev–Trinajstić information content (AvgIpc) is 3.14. The Morgan fingerprint density at radius 2 is 1.92 bits per heavy atom. The van der Waals surface area contributed by atoms with Crippen LogP contribution < -0.4 is 11.2 Å². The molecule has 8 nitrogen and oxygen atoms in total. The normalized spacial score (nSPS) is 14.3. The molecule has 1 aliphatic carbocycles. The van der Waals surface area contributed by atoms with Crippen LogP contribution in [0.15, 0.2) is 14.3 Å². The van der Waals surface area contributed by atoms with Crippen molar-refractivity contribution >= 4 is 27.1 Å². The van der Waals surface area contributed by atoms with Crippen molar-refractivity contribution < 1.29 is 0 Å². The van der Waals surface area contributed by atoms with Crippen LogP contribution in [-0.4, -0.2) is 28.9 Å². The minimum Gasteiger partial charge on any atom is -0.298 e. The molecule has 1 aliphatic rings. The van der Waals surface area contributed by atoms with E-state index < -0.39 is 5.56 Å². The van der Waals surface area contributed by atoms with Gasteiger partial charge < -0.3 is 0 Å². The second-order valence-corrected chi connectivity index (χ2v) is 6.89. The van der Waals surface area contributed by atoms with Crippen molar-refractivity contribution in [3.8, 4) is 0 Å². The van der Waals surface area contributed by atoms with Gasteiger partial charge >= 0.3 is 5.69 Å². The summed E-state index contributed by atoms with van der Waals surface area (Å²) in [5.41, 5.74) is 3.41. The highest BCUT2D eigenvalue weighted by molar-refractivity contribution is 9.10. The Kier molecular flexibility index (Phi) is 3.48. The van der Waals surface area contributed by atoms with Gasteiger partial charge in [-0.25, -0.2) is 9.78 Å². The number of fused-ring (bicyclic) bond motifs is 2. The van der Waals surface area contributed by atoms with Gasteiger partial charge in [-0.2, -0.15) is 5.10 Å². The predicted octanol–water partition coefficient (Wildman–Crippen LogP) is 0.846. The van der Waals surface area contributed by atoms with E-state index in [-0.39, 0.29) is 11.2 Å². The van der Waals surface area contributed by atoms with Gasteiger partial charge in [-0.05, 0) is 47.2 Å². The van der Waals surface area contributed by atoms with E-state index in [4.69, 9.17) is 0 Å². The molecule has 3 aromatic rings. The molecule has 0 fully saturated rings. The highest BCUT2D eigenvalue weighted by Gasteiger charge is 2.21. The van der Waals surface area contributed by atoms with Gasteiger partial charge in [0.15, 0.2) is 15.9 Å². The maximum Gasteiger partial charge on any atom is 0.332 e. The first kappa shape index (κ1) is 15.4. The number of nitrogens with one attached hydrogen (secondary N) is 1. The topological polar surface area (TPSA) is 90.5 Å². The lowest BCUT2D eigenvalue weighted by Gasteiger charge is -2.12. The number of aromatic amines is 1. The second-order valence-electron chi connectivity index (χ2n) is 6.18. The number of imidazole rings is 1. The van der Waals surface area contributed by atoms with Crippen molar-refractivity contribution in [3.05, 3.63) is 42.5 Å². The fraction of sp³-hybridized carbons (Fsp3) is 0.467. The van der Waals surface area contributed by atoms with Crippen LogP contribution in [0, 0.1) is 0 Å². The number of hydrogen-bond acceptors (Lipinski definition) is 4. The van der Waals surface area contributed by atoms with E-state index in [2.05, 4.69) is 31.1 Å². The standard InChI is InChI=1S/C15H17BrN6O2/c1-20-12-11(13(23)21(2)15(20)24)17-14(16)22(12)7-10-8-5-3-4-6-9(8)18-19-10/h3-7H2,1-2H3,(H,18,19). The van der Waals surface area contributed by atoms with Gasteiger partial charge in [0.05, 0.1) is 12.2 Å². The summed E-state index contributed by atoms with van der Waals surface area (Å²) in [6, 6.07) is 0. The van der Waals surface area contributed by atoms with E-state index in [1.165, 1.54) is 29.3 Å². The molecule has 4 rings (SSSR count). The molecule has 0 radical (unpaired) electrons. The van der Waals surface area contributed by atoms with Gasteiger partial charge in [0, 0.05) is 19.8 Å². The summed E-state index contributed by atoms with van der Waals surface area (Å²) in [5.74, 6) is 0. The summed E-state index contributed by atoms with van der Waals surface area (Å²) < 4.78 is 4.86. The molecule has 1 N–H and O–H groups in total. The Labute approximate surface area is 145 Å². The van der Waals surface area contributed by atoms with Gasteiger partial charge in [-0.15, -0.1) is 0 Å². The number of nitrogens with zero attached hydrogens (tertiary/aromatic N) is 5. The second kappa shape index (κ2) is 5.44. The molecule has 0 aromatic carbocycles. The van der Waals surface area contributed by atoms with Crippen LogP contribution in [-0.2, 0) is 33.5 Å². The Morgan fingerprint density at radius 1 is 1.17 bits per heavy atom. The predicted molar refractivity (Wildman–Crippen MR) is 92.2 cm³/mol. The molecule has 0 atom stereocenters. The molecule has 0 saturated carbocycles. The number of H-pyrrole nitrogens is 1. The molecule has 0 saturated heterocycles. The third kappa shape index (κ3) is 2.10. The third-order valence-corrected chi connectivity index (χ3v) is 5.35. The molecule has 9 heteroatoms. The van der Waals surface area contributed by atoms with E-state index in [9.17, 15) is 9.59 Å². The average molecular weight is 393 g/mol. The SMILES string of the molecule is Cn1c(=O)c2nc(Br)n(Cc3n[nH]c4c3CCCC4)c2n(C)c1=O. The maximum atomic E-state index is 12.3. The smallest absolute Gasteiger partial charge is 0.298 e. The van der Waals surface area contributed by atoms with Crippen molar-refractivity contribution in [3.63, 3.8) is 0 Å². The Morgan fingerprint density at radius 3 is 2.71 bits per heavy atom. The molecule has 0 aliphatic heterocycles. The molecular weight excluding hydrogens is 376 g/mol. The summed E-state index contributed by atoms with van der Waals surface area (Å²) >= 11 is 3.42. The first-order valence-corrected chi connectivity index (χ1v) is 8.65. The van der Waals surface area contributed by atoms with Crippen molar-refractivity contribution in [2.45, 2.75) is 32.2 Å². The Bertz CT molecular complexity index is 1070. The molecule has 0 bridgehead atoms. The summed E-state index contributed by atoms with van der Waals surface area (Å²) in [7, 11) is 3.11. The zero-order chi connectivity index (χ0) is 17.0. The molecular formula is C15H17BrN6O2. The number of rotatable bonds is 2. The number of halogens is 1. The molecule has 3 aromatic heterocycles. The highest BCUT2D eigenvalue weighted by Crippen LogP contribution is 2.25. The molecule has 0 unspecified atom stereocenters. The molecule has 24 heavy (non-hydrogen) atoms. The van der Waals surface area contributed by atoms with E-state index in [1.54, 1.807) is 7.05 Å². The zero-order valence-corrected chi connectivity index (χ0v) is 15.1. The molecule has 0 spiro atoms. The zero-order valence-electron chi connectivity index (χ0n) is 13.5. The summed E-state index contributed by atoms with van der Waals surface area (Å²) in [4.78, 5) is 28.9. The molecule has 0 amide bonds. The van der Waals surface area contributed by atoms with E-state index in [0.29, 0.717) is 16.9 Å². The summed E-state index contributed by atoms with van der Waals surface area (Å²) in [6.45, 7) is 0.462. The summed E-state index contributed by atoms with van der Waals surface area (Å²) in [6.07, 6.45) is 4.36. The highest BCUT2D eigenvalue weighted by atomic mass is 79.9. The van der Waals surface area contributed by atoms with Gasteiger partial charge in [0.25, 0.3) is 5.56 Å². The largest absolute Gasteiger partial charge is 0.332 e. The van der Waals surface area contributed by atoms with Crippen LogP contribution in [0.1, 0.15) is 29.8 Å². The van der Waals surface area contributed by atoms with Crippen molar-refractivity contribution in [2.24, 2.45) is 14.1 Å². The molecule has 126 valence electrons. The Hall–Kier alpha value is -2.16. The first-order chi connectivity index (χ1) is 11.5. The van der Waals surface area contributed by atoms with Crippen LogP contribution in [0.4, 0.5) is 0 Å². The van der Waals surface area contributed by atoms with Gasteiger partial charge in [0.2, 0.25) is 0 Å². The maximum absolute atomic E-state index is 12.3. The van der Waals surface area contributed by atoms with Crippen molar-refractivity contribution in [1.29, 1.82) is 0 Å². The lowest BCUT2D eigenvalue weighted by molar-refractivity contribution is 0.662. The molecule has 3 heterocycles. The fourth-order valence-electron chi connectivity index (χ4n) is 3.43. The van der Waals surface area contributed by atoms with Crippen LogP contribution in [0.3, 0.4) is 0 Å². The summed E-state index contributed by atoms with van der Waals surface area (Å²) in [5, 5.41) is 7.57. The van der Waals surface area contributed by atoms with E-state index >= 15 is 0 Å². The van der Waals surface area contributed by atoms with E-state index in [1.807, 2.05) is 4.57 Å². The quantitative estimate of drug-likeness (QED) is 0.654. The minimum atomic E-state index is -0.392. The lowest BCUT2D eigenvalue weighted by Crippen LogP contribution is -2.37. The minimum absolute atomic E-state index is 0.274. The van der Waals surface area contributed by atoms with Gasteiger partial charge in [0.1, 0.15) is 0 Å². The first-order valence-electron chi connectivity index (χ1n) is 7.85. The fourth-order valence-corrected chi connectivity index (χ4v) is 3.90. The van der Waals surface area contributed by atoms with Crippen molar-refractivity contribution in [2.75, 3.05) is 0 Å². The van der Waals surface area contributed by atoms with Crippen LogP contribution in [0.5, 0.6) is 0 Å². The monoisotopic (exact) mass is 392 g/mol. The number of hydrogen-bond donors (Lipinski definition) is 1.